The third-order valence-corrected chi connectivity index (χ3v) is 3.68. The van der Waals surface area contributed by atoms with Crippen molar-refractivity contribution >= 4 is 29.1 Å². The van der Waals surface area contributed by atoms with Crippen LogP contribution in [-0.4, -0.2) is 47.1 Å². The van der Waals surface area contributed by atoms with Gasteiger partial charge in [0, 0.05) is 15.6 Å². The highest BCUT2D eigenvalue weighted by Crippen LogP contribution is 2.23. The highest BCUT2D eigenvalue weighted by Gasteiger charge is 2.41. The highest BCUT2D eigenvalue weighted by atomic mass is 35.5. The molecule has 1 aliphatic rings. The number of carbonyl (C=O) groups is 1. The van der Waals surface area contributed by atoms with Gasteiger partial charge in [-0.15, -0.1) is 0 Å². The van der Waals surface area contributed by atoms with Crippen LogP contribution in [0.3, 0.4) is 0 Å². The number of aliphatic hydroxyl groups is 2. The second-order valence-corrected chi connectivity index (χ2v) is 5.58. The summed E-state index contributed by atoms with van der Waals surface area (Å²) in [5.41, 5.74) is 0.300. The van der Waals surface area contributed by atoms with Gasteiger partial charge in [0.05, 0.1) is 18.8 Å². The van der Waals surface area contributed by atoms with E-state index in [0.29, 0.717) is 15.6 Å². The molecule has 110 valence electrons. The molecule has 0 aromatic heterocycles. The second kappa shape index (κ2) is 6.28. The Morgan fingerprint density at radius 2 is 1.95 bits per heavy atom. The molecule has 1 saturated heterocycles. The van der Waals surface area contributed by atoms with Crippen LogP contribution in [-0.2, 0) is 4.74 Å². The monoisotopic (exact) mass is 319 g/mol. The lowest BCUT2D eigenvalue weighted by molar-refractivity contribution is -0.0170. The Labute approximate surface area is 126 Å². The first-order valence-corrected chi connectivity index (χ1v) is 6.89. The number of hydrogen-bond donors (Lipinski definition) is 3. The summed E-state index contributed by atoms with van der Waals surface area (Å²) in [5, 5.41) is 22.4. The molecule has 1 aromatic rings. The lowest BCUT2D eigenvalue weighted by atomic mass is 10.0. The van der Waals surface area contributed by atoms with Crippen molar-refractivity contribution in [3.63, 3.8) is 0 Å². The molecule has 1 fully saturated rings. The van der Waals surface area contributed by atoms with Crippen LogP contribution in [0.4, 0.5) is 0 Å². The first kappa shape index (κ1) is 15.5. The van der Waals surface area contributed by atoms with Crippen LogP contribution < -0.4 is 5.32 Å². The predicted molar refractivity (Wildman–Crippen MR) is 75.1 cm³/mol. The van der Waals surface area contributed by atoms with Crippen LogP contribution in [0.5, 0.6) is 0 Å². The van der Waals surface area contributed by atoms with Gasteiger partial charge in [-0.3, -0.25) is 4.79 Å². The van der Waals surface area contributed by atoms with Crippen LogP contribution in [0.15, 0.2) is 18.2 Å². The van der Waals surface area contributed by atoms with Crippen molar-refractivity contribution < 1.29 is 19.7 Å². The molecule has 3 N–H and O–H groups in total. The van der Waals surface area contributed by atoms with E-state index in [-0.39, 0.29) is 6.61 Å². The number of ether oxygens (including phenoxy) is 1. The van der Waals surface area contributed by atoms with E-state index in [1.165, 1.54) is 18.2 Å². The molecule has 1 aromatic carbocycles. The van der Waals surface area contributed by atoms with Crippen LogP contribution in [0.1, 0.15) is 17.3 Å². The standard InChI is InChI=1S/C13H15Cl2NO4/c1-6-11(12(18)10(5-17)20-6)16-13(19)7-2-8(14)4-9(15)3-7/h2-4,6,10-12,17-18H,5H2,1H3,(H,16,19)/t6-,10+,11?,12-/m0/s1. The van der Waals surface area contributed by atoms with Gasteiger partial charge in [0.1, 0.15) is 12.2 Å². The summed E-state index contributed by atoms with van der Waals surface area (Å²) < 4.78 is 5.35. The lowest BCUT2D eigenvalue weighted by Gasteiger charge is -2.19. The molecule has 5 nitrogen and oxygen atoms in total. The van der Waals surface area contributed by atoms with Gasteiger partial charge in [0.15, 0.2) is 0 Å². The molecular weight excluding hydrogens is 305 g/mol. The minimum Gasteiger partial charge on any atom is -0.394 e. The Balaban J connectivity index is 2.11. The fourth-order valence-electron chi connectivity index (χ4n) is 2.22. The van der Waals surface area contributed by atoms with Crippen molar-refractivity contribution in [3.05, 3.63) is 33.8 Å². The van der Waals surface area contributed by atoms with Crippen molar-refractivity contribution in [2.24, 2.45) is 0 Å². The maximum atomic E-state index is 12.1. The van der Waals surface area contributed by atoms with Gasteiger partial charge in [-0.25, -0.2) is 0 Å². The smallest absolute Gasteiger partial charge is 0.251 e. The molecule has 20 heavy (non-hydrogen) atoms. The van der Waals surface area contributed by atoms with Gasteiger partial charge in [0.25, 0.3) is 5.91 Å². The number of hydrogen-bond acceptors (Lipinski definition) is 4. The van der Waals surface area contributed by atoms with Gasteiger partial charge in [0.2, 0.25) is 0 Å². The van der Waals surface area contributed by atoms with E-state index in [9.17, 15) is 9.90 Å². The molecule has 1 amide bonds. The topological polar surface area (TPSA) is 78.8 Å². The number of amides is 1. The van der Waals surface area contributed by atoms with Gasteiger partial charge in [-0.05, 0) is 25.1 Å². The zero-order valence-electron chi connectivity index (χ0n) is 10.7. The Morgan fingerprint density at radius 1 is 1.35 bits per heavy atom. The third-order valence-electron chi connectivity index (χ3n) is 3.25. The van der Waals surface area contributed by atoms with Crippen molar-refractivity contribution in [2.45, 2.75) is 31.3 Å². The first-order chi connectivity index (χ1) is 9.42. The fourth-order valence-corrected chi connectivity index (χ4v) is 2.75. The maximum Gasteiger partial charge on any atom is 0.251 e. The number of halogens is 2. The van der Waals surface area contributed by atoms with Crippen LogP contribution in [0, 0.1) is 0 Å². The minimum absolute atomic E-state index is 0.300. The number of carbonyl (C=O) groups excluding carboxylic acids is 1. The van der Waals surface area contributed by atoms with E-state index < -0.39 is 30.3 Å². The van der Waals surface area contributed by atoms with E-state index >= 15 is 0 Å². The van der Waals surface area contributed by atoms with Crippen molar-refractivity contribution in [2.75, 3.05) is 6.61 Å². The zero-order chi connectivity index (χ0) is 14.9. The summed E-state index contributed by atoms with van der Waals surface area (Å²) in [6, 6.07) is 3.90. The molecule has 0 spiro atoms. The van der Waals surface area contributed by atoms with Gasteiger partial charge in [-0.2, -0.15) is 0 Å². The maximum absolute atomic E-state index is 12.1. The van der Waals surface area contributed by atoms with Crippen LogP contribution in [0.25, 0.3) is 0 Å². The Bertz CT molecular complexity index is 491. The number of benzene rings is 1. The molecule has 7 heteroatoms. The summed E-state index contributed by atoms with van der Waals surface area (Å²) in [7, 11) is 0. The van der Waals surface area contributed by atoms with Crippen LogP contribution in [0.2, 0.25) is 10.0 Å². The number of rotatable bonds is 3. The van der Waals surface area contributed by atoms with E-state index in [1.807, 2.05) is 0 Å². The molecule has 0 radical (unpaired) electrons. The Hall–Kier alpha value is -0.850. The Morgan fingerprint density at radius 3 is 2.45 bits per heavy atom. The van der Waals surface area contributed by atoms with Gasteiger partial charge >= 0.3 is 0 Å². The van der Waals surface area contributed by atoms with Gasteiger partial charge < -0.3 is 20.3 Å². The summed E-state index contributed by atoms with van der Waals surface area (Å²) in [4.78, 5) is 12.1. The number of nitrogens with one attached hydrogen (secondary N) is 1. The van der Waals surface area contributed by atoms with Gasteiger partial charge in [-0.1, -0.05) is 23.2 Å². The molecule has 0 saturated carbocycles. The van der Waals surface area contributed by atoms with Crippen molar-refractivity contribution in [1.82, 2.24) is 5.32 Å². The fraction of sp³-hybridized carbons (Fsp3) is 0.462. The number of aliphatic hydroxyl groups excluding tert-OH is 2. The average molecular weight is 320 g/mol. The summed E-state index contributed by atoms with van der Waals surface area (Å²) in [5.74, 6) is -0.410. The average Bonchev–Trinajstić information content (AvgIpc) is 2.65. The van der Waals surface area contributed by atoms with Crippen molar-refractivity contribution in [3.8, 4) is 0 Å². The quantitative estimate of drug-likeness (QED) is 0.783. The normalized spacial score (nSPS) is 29.4. The molecular formula is C13H15Cl2NO4. The van der Waals surface area contributed by atoms with E-state index in [4.69, 9.17) is 33.0 Å². The molecule has 1 heterocycles. The van der Waals surface area contributed by atoms with Crippen LogP contribution >= 0.6 is 23.2 Å². The minimum atomic E-state index is -0.964. The second-order valence-electron chi connectivity index (χ2n) is 4.71. The predicted octanol–water partition coefficient (Wildman–Crippen LogP) is 1.23. The molecule has 0 bridgehead atoms. The lowest BCUT2D eigenvalue weighted by Crippen LogP contribution is -2.47. The third kappa shape index (κ3) is 3.24. The van der Waals surface area contributed by atoms with Crippen molar-refractivity contribution in [1.29, 1.82) is 0 Å². The van der Waals surface area contributed by atoms with E-state index in [2.05, 4.69) is 5.32 Å². The Kier molecular flexibility index (Phi) is 4.88. The largest absolute Gasteiger partial charge is 0.394 e. The molecule has 2 rings (SSSR count). The van der Waals surface area contributed by atoms with E-state index in [1.54, 1.807) is 6.92 Å². The zero-order valence-corrected chi connectivity index (χ0v) is 12.2. The first-order valence-electron chi connectivity index (χ1n) is 6.13. The molecule has 1 aliphatic heterocycles. The SMILES string of the molecule is C[C@@H]1O[C@H](CO)[C@H](O)C1NC(=O)c1cc(Cl)cc(Cl)c1. The summed E-state index contributed by atoms with van der Waals surface area (Å²) in [6.45, 7) is 1.41. The molecule has 0 aliphatic carbocycles. The molecule has 1 unspecified atom stereocenters. The summed E-state index contributed by atoms with van der Waals surface area (Å²) >= 11 is 11.7. The van der Waals surface area contributed by atoms with E-state index in [0.717, 1.165) is 0 Å². The summed E-state index contributed by atoms with van der Waals surface area (Å²) in [6.07, 6.45) is -2.06. The highest BCUT2D eigenvalue weighted by molar-refractivity contribution is 6.35. The molecule has 4 atom stereocenters.